The number of rotatable bonds is 3. The van der Waals surface area contributed by atoms with Gasteiger partial charge in [-0.2, -0.15) is 0 Å². The van der Waals surface area contributed by atoms with Crippen molar-refractivity contribution >= 4 is 5.91 Å². The van der Waals surface area contributed by atoms with Crippen LogP contribution in [0.2, 0.25) is 0 Å². The zero-order valence-corrected chi connectivity index (χ0v) is 14.0. The summed E-state index contributed by atoms with van der Waals surface area (Å²) in [4.78, 5) is 15.1. The summed E-state index contributed by atoms with van der Waals surface area (Å²) in [5.74, 6) is 0.987. The van der Waals surface area contributed by atoms with Gasteiger partial charge in [0.2, 0.25) is 5.91 Å². The van der Waals surface area contributed by atoms with Crippen molar-refractivity contribution in [1.29, 1.82) is 0 Å². The zero-order chi connectivity index (χ0) is 16.4. The summed E-state index contributed by atoms with van der Waals surface area (Å²) in [5, 5.41) is 0. The topological polar surface area (TPSA) is 29.5 Å². The third-order valence-corrected chi connectivity index (χ3v) is 4.76. The molecule has 3 heteroatoms. The Morgan fingerprint density at radius 2 is 1.70 bits per heavy atom. The Hall–Kier alpha value is -2.29. The molecule has 0 aromatic heterocycles. The summed E-state index contributed by atoms with van der Waals surface area (Å²) in [5.41, 5.74) is 3.09. The molecule has 0 saturated carbocycles. The molecule has 1 aliphatic rings. The summed E-state index contributed by atoms with van der Waals surface area (Å²) in [7, 11) is 1.65. The first-order chi connectivity index (χ1) is 11.0. The summed E-state index contributed by atoms with van der Waals surface area (Å²) in [6.07, 6.45) is 0.931. The highest BCUT2D eigenvalue weighted by molar-refractivity contribution is 5.87. The predicted octanol–water partition coefficient (Wildman–Crippen LogP) is 3.56. The van der Waals surface area contributed by atoms with Crippen LogP contribution in [0.3, 0.4) is 0 Å². The maximum Gasteiger partial charge on any atom is 0.232 e. The first-order valence-corrected chi connectivity index (χ1v) is 8.03. The molecule has 0 bridgehead atoms. The van der Waals surface area contributed by atoms with Crippen molar-refractivity contribution in [2.75, 3.05) is 13.7 Å². The van der Waals surface area contributed by atoms with Crippen LogP contribution in [0.15, 0.2) is 48.5 Å². The van der Waals surface area contributed by atoms with E-state index in [0.29, 0.717) is 6.54 Å². The largest absolute Gasteiger partial charge is 0.497 e. The summed E-state index contributed by atoms with van der Waals surface area (Å²) < 4.78 is 5.20. The van der Waals surface area contributed by atoms with E-state index < -0.39 is 5.41 Å². The van der Waals surface area contributed by atoms with Crippen LogP contribution in [-0.4, -0.2) is 24.5 Å². The Balaban J connectivity index is 1.81. The molecule has 2 aromatic carbocycles. The quantitative estimate of drug-likeness (QED) is 0.867. The normalized spacial score (nSPS) is 14.3. The van der Waals surface area contributed by atoms with Gasteiger partial charge in [-0.1, -0.05) is 36.4 Å². The van der Waals surface area contributed by atoms with Crippen LogP contribution in [0.25, 0.3) is 0 Å². The number of methoxy groups -OCH3 is 1. The second-order valence-corrected chi connectivity index (χ2v) is 6.60. The molecule has 1 amide bonds. The second kappa shape index (κ2) is 6.07. The van der Waals surface area contributed by atoms with E-state index in [0.717, 1.165) is 24.3 Å². The van der Waals surface area contributed by atoms with Crippen LogP contribution < -0.4 is 4.74 Å². The second-order valence-electron chi connectivity index (χ2n) is 6.60. The van der Waals surface area contributed by atoms with Gasteiger partial charge in [-0.15, -0.1) is 0 Å². The minimum absolute atomic E-state index is 0.178. The molecule has 0 spiro atoms. The molecule has 0 aliphatic carbocycles. The van der Waals surface area contributed by atoms with E-state index in [4.69, 9.17) is 4.74 Å². The number of benzene rings is 2. The molecule has 1 aliphatic heterocycles. The van der Waals surface area contributed by atoms with E-state index in [9.17, 15) is 4.79 Å². The molecule has 0 N–H and O–H groups in total. The molecule has 0 unspecified atom stereocenters. The lowest BCUT2D eigenvalue weighted by Crippen LogP contribution is -2.45. The van der Waals surface area contributed by atoms with E-state index in [1.54, 1.807) is 7.11 Å². The number of carbonyl (C=O) groups excluding carboxylic acids is 1. The Morgan fingerprint density at radius 1 is 1.04 bits per heavy atom. The van der Waals surface area contributed by atoms with Gasteiger partial charge in [0.1, 0.15) is 5.75 Å². The lowest BCUT2D eigenvalue weighted by Gasteiger charge is -2.35. The van der Waals surface area contributed by atoms with E-state index >= 15 is 0 Å². The first kappa shape index (κ1) is 15.6. The Bertz CT molecular complexity index is 704. The van der Waals surface area contributed by atoms with Crippen molar-refractivity contribution < 1.29 is 9.53 Å². The van der Waals surface area contributed by atoms with Gasteiger partial charge in [-0.05, 0) is 49.1 Å². The van der Waals surface area contributed by atoms with E-state index in [1.807, 2.05) is 49.1 Å². The molecule has 0 atom stereocenters. The number of carbonyl (C=O) groups is 1. The number of hydrogen-bond acceptors (Lipinski definition) is 2. The molecule has 3 rings (SSSR count). The fourth-order valence-electron chi connectivity index (χ4n) is 3.20. The minimum Gasteiger partial charge on any atom is -0.497 e. The third kappa shape index (κ3) is 2.96. The van der Waals surface area contributed by atoms with E-state index in [1.165, 1.54) is 11.1 Å². The van der Waals surface area contributed by atoms with Gasteiger partial charge in [0, 0.05) is 13.1 Å². The molecule has 3 nitrogen and oxygen atoms in total. The molecule has 0 saturated heterocycles. The number of ether oxygens (including phenoxy) is 1. The Labute approximate surface area is 137 Å². The van der Waals surface area contributed by atoms with Gasteiger partial charge in [0.05, 0.1) is 12.5 Å². The highest BCUT2D eigenvalue weighted by Gasteiger charge is 2.35. The highest BCUT2D eigenvalue weighted by atomic mass is 16.5. The third-order valence-electron chi connectivity index (χ3n) is 4.76. The molecule has 23 heavy (non-hydrogen) atoms. The Kier molecular flexibility index (Phi) is 4.12. The van der Waals surface area contributed by atoms with Crippen molar-refractivity contribution in [3.8, 4) is 5.75 Å². The maximum absolute atomic E-state index is 13.1. The molecule has 0 radical (unpaired) electrons. The van der Waals surface area contributed by atoms with Gasteiger partial charge in [-0.25, -0.2) is 0 Å². The van der Waals surface area contributed by atoms with Gasteiger partial charge in [0.25, 0.3) is 0 Å². The number of hydrogen-bond donors (Lipinski definition) is 0. The van der Waals surface area contributed by atoms with Gasteiger partial charge in [0.15, 0.2) is 0 Å². The van der Waals surface area contributed by atoms with Crippen LogP contribution >= 0.6 is 0 Å². The van der Waals surface area contributed by atoms with Crippen molar-refractivity contribution in [1.82, 2.24) is 4.90 Å². The number of fused-ring (bicyclic) bond motifs is 1. The van der Waals surface area contributed by atoms with Crippen molar-refractivity contribution in [2.45, 2.75) is 32.2 Å². The van der Waals surface area contributed by atoms with Gasteiger partial charge >= 0.3 is 0 Å². The summed E-state index contributed by atoms with van der Waals surface area (Å²) in [6.45, 7) is 5.49. The van der Waals surface area contributed by atoms with Crippen LogP contribution in [0.5, 0.6) is 5.75 Å². The summed E-state index contributed by atoms with van der Waals surface area (Å²) >= 11 is 0. The van der Waals surface area contributed by atoms with Crippen LogP contribution in [0.1, 0.15) is 30.5 Å². The van der Waals surface area contributed by atoms with Gasteiger partial charge < -0.3 is 9.64 Å². The number of nitrogens with zero attached hydrogens (tertiary/aromatic N) is 1. The van der Waals surface area contributed by atoms with E-state index in [-0.39, 0.29) is 5.91 Å². The fourth-order valence-corrected chi connectivity index (χ4v) is 3.20. The predicted molar refractivity (Wildman–Crippen MR) is 91.6 cm³/mol. The first-order valence-electron chi connectivity index (χ1n) is 8.03. The standard InChI is InChI=1S/C20H23NO2/c1-20(2,17-8-10-18(23-3)11-9-17)19(22)21-13-12-15-6-4-5-7-16(15)14-21/h4-11H,12-14H2,1-3H3. The molecule has 1 heterocycles. The average Bonchev–Trinajstić information content (AvgIpc) is 2.60. The lowest BCUT2D eigenvalue weighted by molar-refractivity contribution is -0.137. The van der Waals surface area contributed by atoms with Crippen molar-refractivity contribution in [2.24, 2.45) is 0 Å². The highest BCUT2D eigenvalue weighted by Crippen LogP contribution is 2.30. The smallest absolute Gasteiger partial charge is 0.232 e. The SMILES string of the molecule is COc1ccc(C(C)(C)C(=O)N2CCc3ccccc3C2)cc1. The van der Waals surface area contributed by atoms with Crippen LogP contribution in [-0.2, 0) is 23.2 Å². The Morgan fingerprint density at radius 3 is 2.35 bits per heavy atom. The lowest BCUT2D eigenvalue weighted by atomic mass is 9.82. The van der Waals surface area contributed by atoms with Crippen LogP contribution in [0.4, 0.5) is 0 Å². The average molecular weight is 309 g/mol. The van der Waals surface area contributed by atoms with Crippen molar-refractivity contribution in [3.05, 3.63) is 65.2 Å². The van der Waals surface area contributed by atoms with Gasteiger partial charge in [-0.3, -0.25) is 4.79 Å². The number of amides is 1. The van der Waals surface area contributed by atoms with Crippen molar-refractivity contribution in [3.63, 3.8) is 0 Å². The molecular formula is C20H23NO2. The zero-order valence-electron chi connectivity index (χ0n) is 14.0. The fraction of sp³-hybridized carbons (Fsp3) is 0.350. The molecular weight excluding hydrogens is 286 g/mol. The van der Waals surface area contributed by atoms with Crippen LogP contribution in [0, 0.1) is 0 Å². The minimum atomic E-state index is -0.543. The molecule has 0 fully saturated rings. The van der Waals surface area contributed by atoms with E-state index in [2.05, 4.69) is 18.2 Å². The summed E-state index contributed by atoms with van der Waals surface area (Å²) in [6, 6.07) is 16.2. The molecule has 2 aromatic rings. The molecule has 120 valence electrons. The maximum atomic E-state index is 13.1. The monoisotopic (exact) mass is 309 g/mol.